The summed E-state index contributed by atoms with van der Waals surface area (Å²) in [6, 6.07) is 0. The fourth-order valence-electron chi connectivity index (χ4n) is 1.69. The molecule has 11 heavy (non-hydrogen) atoms. The van der Waals surface area contributed by atoms with E-state index in [1.54, 1.807) is 0 Å². The second-order valence-corrected chi connectivity index (χ2v) is 5.98. The molecule has 0 saturated heterocycles. The molecule has 2 aliphatic rings. The smallest absolute Gasteiger partial charge is 0.00497 e. The van der Waals surface area contributed by atoms with Gasteiger partial charge in [-0.25, -0.2) is 0 Å². The second-order valence-electron chi connectivity index (χ2n) is 4.22. The van der Waals surface area contributed by atoms with Gasteiger partial charge in [0.1, 0.15) is 0 Å². The van der Waals surface area contributed by atoms with Gasteiger partial charge in [0.05, 0.1) is 0 Å². The van der Waals surface area contributed by atoms with Crippen molar-refractivity contribution in [2.75, 3.05) is 0 Å². The lowest BCUT2D eigenvalue weighted by Gasteiger charge is -2.15. The molecule has 2 atom stereocenters. The predicted octanol–water partition coefficient (Wildman–Crippen LogP) is 3.32. The van der Waals surface area contributed by atoms with Crippen molar-refractivity contribution >= 4 is 11.8 Å². The summed E-state index contributed by atoms with van der Waals surface area (Å²) in [5.41, 5.74) is 0. The summed E-state index contributed by atoms with van der Waals surface area (Å²) >= 11 is 2.24. The van der Waals surface area contributed by atoms with Gasteiger partial charge in [0.25, 0.3) is 0 Å². The van der Waals surface area contributed by atoms with Crippen molar-refractivity contribution < 1.29 is 0 Å². The molecule has 0 aromatic heterocycles. The SMILES string of the molecule is CC(SC(C)C1CC1)C1CC1. The third kappa shape index (κ3) is 2.14. The molecule has 0 spiro atoms. The van der Waals surface area contributed by atoms with Gasteiger partial charge < -0.3 is 0 Å². The minimum atomic E-state index is 0.950. The summed E-state index contributed by atoms with van der Waals surface area (Å²) in [5, 5.41) is 1.90. The van der Waals surface area contributed by atoms with Crippen molar-refractivity contribution in [2.24, 2.45) is 11.8 Å². The van der Waals surface area contributed by atoms with Crippen molar-refractivity contribution in [3.8, 4) is 0 Å². The van der Waals surface area contributed by atoms with Crippen molar-refractivity contribution in [1.82, 2.24) is 0 Å². The zero-order valence-electron chi connectivity index (χ0n) is 7.55. The molecule has 0 radical (unpaired) electrons. The van der Waals surface area contributed by atoms with Crippen LogP contribution in [0, 0.1) is 11.8 Å². The summed E-state index contributed by atoms with van der Waals surface area (Å²) in [4.78, 5) is 0. The first kappa shape index (κ1) is 7.97. The Morgan fingerprint density at radius 2 is 1.27 bits per heavy atom. The summed E-state index contributed by atoms with van der Waals surface area (Å²) in [6.45, 7) is 4.84. The molecule has 1 heteroatoms. The van der Waals surface area contributed by atoms with Crippen LogP contribution in [0.3, 0.4) is 0 Å². The van der Waals surface area contributed by atoms with E-state index in [4.69, 9.17) is 0 Å². The van der Waals surface area contributed by atoms with Gasteiger partial charge in [0.2, 0.25) is 0 Å². The Hall–Kier alpha value is 0.350. The molecule has 2 rings (SSSR count). The molecule has 0 aromatic rings. The van der Waals surface area contributed by atoms with E-state index >= 15 is 0 Å². The zero-order valence-corrected chi connectivity index (χ0v) is 8.36. The monoisotopic (exact) mass is 170 g/mol. The first-order valence-electron chi connectivity index (χ1n) is 4.93. The summed E-state index contributed by atoms with van der Waals surface area (Å²) in [6.07, 6.45) is 6.02. The Kier molecular flexibility index (Phi) is 2.18. The summed E-state index contributed by atoms with van der Waals surface area (Å²) < 4.78 is 0. The molecule has 0 N–H and O–H groups in total. The molecule has 2 saturated carbocycles. The molecule has 2 aliphatic carbocycles. The minimum Gasteiger partial charge on any atom is -0.155 e. The molecule has 0 aliphatic heterocycles. The second kappa shape index (κ2) is 3.01. The lowest BCUT2D eigenvalue weighted by atomic mass is 10.3. The Labute approximate surface area is 74.1 Å². The van der Waals surface area contributed by atoms with Crippen LogP contribution in [0.1, 0.15) is 39.5 Å². The highest BCUT2D eigenvalue weighted by Gasteiger charge is 2.34. The highest BCUT2D eigenvalue weighted by molar-refractivity contribution is 8.00. The van der Waals surface area contributed by atoms with Gasteiger partial charge in [-0.3, -0.25) is 0 Å². The fourth-order valence-corrected chi connectivity index (χ4v) is 3.36. The van der Waals surface area contributed by atoms with Crippen LogP contribution in [0.5, 0.6) is 0 Å². The van der Waals surface area contributed by atoms with Crippen LogP contribution in [0.2, 0.25) is 0 Å². The largest absolute Gasteiger partial charge is 0.155 e. The average Bonchev–Trinajstić information content (AvgIpc) is 2.84. The van der Waals surface area contributed by atoms with E-state index in [1.165, 1.54) is 25.7 Å². The van der Waals surface area contributed by atoms with E-state index in [1.807, 2.05) is 0 Å². The minimum absolute atomic E-state index is 0.950. The molecule has 0 amide bonds. The van der Waals surface area contributed by atoms with E-state index in [9.17, 15) is 0 Å². The summed E-state index contributed by atoms with van der Waals surface area (Å²) in [5.74, 6) is 2.17. The normalized spacial score (nSPS) is 30.0. The Morgan fingerprint density at radius 1 is 0.909 bits per heavy atom. The lowest BCUT2D eigenvalue weighted by molar-refractivity contribution is 0.777. The van der Waals surface area contributed by atoms with Gasteiger partial charge in [-0.05, 0) is 37.5 Å². The number of rotatable bonds is 4. The maximum absolute atomic E-state index is 2.42. The molecule has 0 heterocycles. The van der Waals surface area contributed by atoms with Crippen molar-refractivity contribution in [3.63, 3.8) is 0 Å². The van der Waals surface area contributed by atoms with Crippen LogP contribution in [-0.2, 0) is 0 Å². The maximum atomic E-state index is 2.42. The third-order valence-electron chi connectivity index (χ3n) is 3.00. The van der Waals surface area contributed by atoms with Gasteiger partial charge in [0.15, 0.2) is 0 Å². The first-order chi connectivity index (χ1) is 5.27. The molecule has 2 unspecified atom stereocenters. The van der Waals surface area contributed by atoms with Crippen LogP contribution < -0.4 is 0 Å². The molecule has 64 valence electrons. The quantitative estimate of drug-likeness (QED) is 0.623. The number of thioether (sulfide) groups is 1. The third-order valence-corrected chi connectivity index (χ3v) is 4.63. The van der Waals surface area contributed by atoms with Crippen molar-refractivity contribution in [2.45, 2.75) is 50.0 Å². The van der Waals surface area contributed by atoms with E-state index in [2.05, 4.69) is 25.6 Å². The lowest BCUT2D eigenvalue weighted by Crippen LogP contribution is -2.08. The summed E-state index contributed by atoms with van der Waals surface area (Å²) in [7, 11) is 0. The average molecular weight is 170 g/mol. The van der Waals surface area contributed by atoms with Crippen molar-refractivity contribution in [3.05, 3.63) is 0 Å². The van der Waals surface area contributed by atoms with Crippen LogP contribution in [0.15, 0.2) is 0 Å². The van der Waals surface area contributed by atoms with E-state index in [0.29, 0.717) is 0 Å². The Balaban J connectivity index is 1.69. The number of hydrogen-bond donors (Lipinski definition) is 0. The predicted molar refractivity (Wildman–Crippen MR) is 52.0 cm³/mol. The molecular formula is C10H18S. The topological polar surface area (TPSA) is 0 Å². The van der Waals surface area contributed by atoms with E-state index in [0.717, 1.165) is 22.3 Å². The van der Waals surface area contributed by atoms with E-state index in [-0.39, 0.29) is 0 Å². The van der Waals surface area contributed by atoms with Gasteiger partial charge in [-0.1, -0.05) is 13.8 Å². The molecule has 0 aromatic carbocycles. The highest BCUT2D eigenvalue weighted by atomic mass is 32.2. The number of hydrogen-bond acceptors (Lipinski definition) is 1. The molecular weight excluding hydrogens is 152 g/mol. The molecule has 2 fully saturated rings. The fraction of sp³-hybridized carbons (Fsp3) is 1.00. The Bertz CT molecular complexity index is 120. The van der Waals surface area contributed by atoms with Gasteiger partial charge in [0, 0.05) is 10.5 Å². The van der Waals surface area contributed by atoms with Gasteiger partial charge in [-0.2, -0.15) is 11.8 Å². The van der Waals surface area contributed by atoms with Crippen LogP contribution in [-0.4, -0.2) is 10.5 Å². The van der Waals surface area contributed by atoms with Crippen LogP contribution in [0.25, 0.3) is 0 Å². The van der Waals surface area contributed by atoms with Crippen LogP contribution >= 0.6 is 11.8 Å². The highest BCUT2D eigenvalue weighted by Crippen LogP contribution is 2.45. The Morgan fingerprint density at radius 3 is 1.55 bits per heavy atom. The standard InChI is InChI=1S/C10H18S/c1-7(9-3-4-9)11-8(2)10-5-6-10/h7-10H,3-6H2,1-2H3. The van der Waals surface area contributed by atoms with Gasteiger partial charge in [-0.15, -0.1) is 0 Å². The first-order valence-corrected chi connectivity index (χ1v) is 5.87. The zero-order chi connectivity index (χ0) is 7.84. The maximum Gasteiger partial charge on any atom is 0.00497 e. The molecule has 0 nitrogen and oxygen atoms in total. The molecule has 0 bridgehead atoms. The van der Waals surface area contributed by atoms with Crippen LogP contribution in [0.4, 0.5) is 0 Å². The van der Waals surface area contributed by atoms with Gasteiger partial charge >= 0.3 is 0 Å². The van der Waals surface area contributed by atoms with E-state index < -0.39 is 0 Å². The van der Waals surface area contributed by atoms with Crippen molar-refractivity contribution in [1.29, 1.82) is 0 Å².